The van der Waals surface area contributed by atoms with Crippen molar-refractivity contribution < 1.29 is 82.5 Å². The van der Waals surface area contributed by atoms with Gasteiger partial charge in [-0.3, -0.25) is 9.59 Å². The van der Waals surface area contributed by atoms with E-state index in [1.807, 2.05) is 17.7 Å². The molecule has 0 spiro atoms. The Labute approximate surface area is 499 Å². The van der Waals surface area contributed by atoms with Crippen LogP contribution in [0.3, 0.4) is 0 Å². The number of ether oxygens (including phenoxy) is 2. The Kier molecular flexibility index (Phi) is 27.6. The van der Waals surface area contributed by atoms with Crippen LogP contribution < -0.4 is 17.6 Å². The molecule has 0 radical (unpaired) electrons. The zero-order valence-electron chi connectivity index (χ0n) is 48.8. The third kappa shape index (κ3) is 20.8. The molecule has 5 saturated carbocycles. The van der Waals surface area contributed by atoms with E-state index in [1.165, 1.54) is 23.5 Å². The molecule has 4 aromatic rings. The molecule has 4 aromatic heterocycles. The maximum absolute atomic E-state index is 13.3. The van der Waals surface area contributed by atoms with Gasteiger partial charge in [0.2, 0.25) is 35.5 Å². The van der Waals surface area contributed by atoms with Gasteiger partial charge in [-0.1, -0.05) is 7.43 Å². The maximum atomic E-state index is 13.3. The second kappa shape index (κ2) is 31.2. The Morgan fingerprint density at radius 1 is 0.512 bits per heavy atom. The van der Waals surface area contributed by atoms with Gasteiger partial charge < -0.3 is 50.5 Å². The fraction of sp³-hybridized carbons (Fsp3) is 0.696. The third-order valence-electron chi connectivity index (χ3n) is 15.9. The number of hydrogen-bond donors (Lipinski definition) is 4. The number of imidazole rings is 4. The lowest BCUT2D eigenvalue weighted by Crippen LogP contribution is -2.50. The van der Waals surface area contributed by atoms with Gasteiger partial charge in [0.15, 0.2) is 0 Å². The van der Waals surface area contributed by atoms with Gasteiger partial charge in [-0.2, -0.15) is 0 Å². The number of carbonyl (C=O) groups excluding carboxylic acids is 4. The van der Waals surface area contributed by atoms with E-state index in [0.717, 1.165) is 17.1 Å². The number of alkyl halides is 10. The molecule has 4 heterocycles. The van der Waals surface area contributed by atoms with Gasteiger partial charge in [-0.15, -0.1) is 0 Å². The summed E-state index contributed by atoms with van der Waals surface area (Å²) in [5, 5.41) is 9.33. The van der Waals surface area contributed by atoms with E-state index in [2.05, 4.69) is 24.7 Å². The molecule has 19 nitrogen and oxygen atoms in total. The number of aryl methyl sites for hydroxylation is 4. The van der Waals surface area contributed by atoms with E-state index in [1.54, 1.807) is 68.7 Å². The third-order valence-corrected chi connectivity index (χ3v) is 16.0. The fourth-order valence-electron chi connectivity index (χ4n) is 10.4. The summed E-state index contributed by atoms with van der Waals surface area (Å²) in [7, 11) is 0. The minimum atomic E-state index is -2.74. The number of aromatic nitrogens is 8. The molecule has 5 aliphatic carbocycles. The lowest BCUT2D eigenvalue weighted by molar-refractivity contribution is -0.161. The van der Waals surface area contributed by atoms with Crippen LogP contribution in [0.2, 0.25) is 0 Å². The number of Topliss-reactive ketones (excluding diaryl/α,β-unsaturated/α-hetero) is 1. The summed E-state index contributed by atoms with van der Waals surface area (Å²) in [4.78, 5) is 71.5. The average Bonchev–Trinajstić information content (AvgIpc) is 1.48. The van der Waals surface area contributed by atoms with E-state index < -0.39 is 82.3 Å². The molecular formula is C56H84ClF10N11O8. The lowest BCUT2D eigenvalue weighted by Gasteiger charge is -2.40. The Balaban J connectivity index is 0.000000360. The summed E-state index contributed by atoms with van der Waals surface area (Å²) in [6, 6.07) is 0. The topological polar surface area (TPSA) is 282 Å². The number of carboxylic acid groups (broad SMARTS) is 1. The number of primary amides is 1. The summed E-state index contributed by atoms with van der Waals surface area (Å²) in [6.45, 7) is 11.6. The van der Waals surface area contributed by atoms with Gasteiger partial charge >= 0.3 is 17.4 Å². The Morgan fingerprint density at radius 3 is 1.07 bits per heavy atom. The summed E-state index contributed by atoms with van der Waals surface area (Å²) >= 11 is 4.72. The fourth-order valence-corrected chi connectivity index (χ4v) is 10.5. The minimum Gasteiger partial charge on any atom is -0.479 e. The average molecular weight is 1260 g/mol. The molecule has 1 amide bonds. The molecule has 0 saturated heterocycles. The lowest BCUT2D eigenvalue weighted by atomic mass is 9.79. The first kappa shape index (κ1) is 76.0. The number of nitrogens with two attached hydrogens (primary N) is 2. The van der Waals surface area contributed by atoms with Crippen molar-refractivity contribution in [3.8, 4) is 0 Å². The van der Waals surface area contributed by atoms with Crippen LogP contribution in [-0.2, 0) is 50.8 Å². The van der Waals surface area contributed by atoms with Crippen LogP contribution in [0.1, 0.15) is 172 Å². The number of carbonyl (C=O) groups is 5. The first-order chi connectivity index (χ1) is 39.0. The van der Waals surface area contributed by atoms with Crippen molar-refractivity contribution in [3.05, 3.63) is 72.9 Å². The highest BCUT2D eigenvalue weighted by atomic mass is 35.5. The number of rotatable bonds is 10. The van der Waals surface area contributed by atoms with Gasteiger partial charge in [0.05, 0.1) is 66.8 Å². The van der Waals surface area contributed by atoms with Crippen LogP contribution >= 0.6 is 11.6 Å². The largest absolute Gasteiger partial charge is 0.479 e. The normalized spacial score (nSPS) is 21.1. The number of amides is 1. The second-order valence-electron chi connectivity index (χ2n) is 22.1. The van der Waals surface area contributed by atoms with Crippen LogP contribution in [0.15, 0.2) is 50.1 Å². The molecule has 9 rings (SSSR count). The molecule has 5 fully saturated rings. The molecular weight excluding hydrogens is 1180 g/mol. The predicted molar refractivity (Wildman–Crippen MR) is 299 cm³/mol. The summed E-state index contributed by atoms with van der Waals surface area (Å²) in [6.07, 6.45) is 11.4. The van der Waals surface area contributed by atoms with E-state index in [-0.39, 0.29) is 134 Å². The first-order valence-corrected chi connectivity index (χ1v) is 28.0. The number of ketones is 1. The van der Waals surface area contributed by atoms with Crippen LogP contribution in [-0.4, -0.2) is 122 Å². The van der Waals surface area contributed by atoms with Crippen molar-refractivity contribution in [2.75, 3.05) is 19.8 Å². The SMILES string of the molecule is C.CCOC(=O)C1(n2cnc(C)c2)CCC(F)(F)CC1.CCOC(=O)Cl.Cc1cn(C2(C(=O)O)CCC(F)(F)CC2)cn1.Cc1cn(C2(C(N)=O)CCC(F)(F)CC2)cn1.Cc1cn(C2(CN)CCC(F)(F)CC2)cn1.N.O=C1CCC(F)(F)CC1. The van der Waals surface area contributed by atoms with Crippen LogP contribution in [0.5, 0.6) is 0 Å². The Hall–Kier alpha value is -6.10. The van der Waals surface area contributed by atoms with Crippen molar-refractivity contribution in [2.45, 2.75) is 229 Å². The van der Waals surface area contributed by atoms with Crippen molar-refractivity contribution in [2.24, 2.45) is 11.5 Å². The van der Waals surface area contributed by atoms with Crippen molar-refractivity contribution in [3.63, 3.8) is 0 Å². The molecule has 0 aromatic carbocycles. The Bertz CT molecular complexity index is 2690. The highest BCUT2D eigenvalue weighted by Gasteiger charge is 2.52. The smallest absolute Gasteiger partial charge is 0.403 e. The van der Waals surface area contributed by atoms with Crippen LogP contribution in [0.4, 0.5) is 48.7 Å². The van der Waals surface area contributed by atoms with Crippen LogP contribution in [0, 0.1) is 27.7 Å². The maximum Gasteiger partial charge on any atom is 0.403 e. The summed E-state index contributed by atoms with van der Waals surface area (Å²) in [5.41, 5.74) is 9.82. The predicted octanol–water partition coefficient (Wildman–Crippen LogP) is 12.4. The number of esters is 1. The van der Waals surface area contributed by atoms with E-state index in [0.29, 0.717) is 31.7 Å². The molecule has 0 atom stereocenters. The molecule has 5 aliphatic rings. The molecule has 30 heteroatoms. The highest BCUT2D eigenvalue weighted by Crippen LogP contribution is 2.46. The Morgan fingerprint density at radius 2 is 0.802 bits per heavy atom. The van der Waals surface area contributed by atoms with Gasteiger partial charge in [0.25, 0.3) is 0 Å². The zero-order valence-corrected chi connectivity index (χ0v) is 49.5. The first-order valence-electron chi connectivity index (χ1n) is 27.6. The van der Waals surface area contributed by atoms with Gasteiger partial charge in [-0.05, 0) is 92.9 Å². The number of halogens is 11. The monoisotopic (exact) mass is 1260 g/mol. The van der Waals surface area contributed by atoms with Crippen LogP contribution in [0.25, 0.3) is 0 Å². The van der Waals surface area contributed by atoms with Gasteiger partial charge in [0, 0.05) is 120 Å². The van der Waals surface area contributed by atoms with Gasteiger partial charge in [-0.25, -0.2) is 78.2 Å². The van der Waals surface area contributed by atoms with E-state index >= 15 is 0 Å². The van der Waals surface area contributed by atoms with E-state index in [4.69, 9.17) is 27.8 Å². The van der Waals surface area contributed by atoms with Crippen molar-refractivity contribution in [1.82, 2.24) is 44.4 Å². The molecule has 0 aliphatic heterocycles. The molecule has 86 heavy (non-hydrogen) atoms. The second-order valence-corrected chi connectivity index (χ2v) is 22.4. The molecule has 0 bridgehead atoms. The number of aliphatic carboxylic acids is 1. The number of carboxylic acids is 1. The zero-order chi connectivity index (χ0) is 63.2. The molecule has 8 N–H and O–H groups in total. The molecule has 488 valence electrons. The van der Waals surface area contributed by atoms with E-state index in [9.17, 15) is 73.0 Å². The summed E-state index contributed by atoms with van der Waals surface area (Å²) < 4.78 is 146. The number of nitrogens with zero attached hydrogens (tertiary/aromatic N) is 8. The van der Waals surface area contributed by atoms with Gasteiger partial charge in [0.1, 0.15) is 22.4 Å². The van der Waals surface area contributed by atoms with Crippen molar-refractivity contribution >= 4 is 40.7 Å². The quantitative estimate of drug-likeness (QED) is 0.0653. The standard InChI is InChI=1S/C13H18F2N2O2.C11H15F2N3O.C11H17F2N3.C11H14F2N2O2.C6H8F2O.C3H5ClO2.CH4.H3N/c1-3-19-11(18)12(17-8-10(2)16-9-17)4-6-13(14,15)7-5-12;1-8-6-16(7-15-8)10(9(14)17)2-4-11(12,13)5-3-10;1-9-6-16(8-15-9)10(7-14)2-4-11(12,13)5-3-10;1-8-6-15(7-14-8)10(9(16)17)2-4-11(12,13)5-3-10;7-6(8)3-1-5(9)2-4-6;1-2-6-3(4)5;;/h8-9H,3-7H2,1-2H3;6-7H,2-5H2,1H3,(H2,14,17);6,8H,2-5,7,14H2,1H3;6-7H,2-5H2,1H3,(H,16,17);1-4H2;2H2,1H3;1H4;1H3. The summed E-state index contributed by atoms with van der Waals surface area (Å²) in [5.74, 6) is -15.3. The number of hydrogen-bond acceptors (Lipinski definition) is 13. The highest BCUT2D eigenvalue weighted by molar-refractivity contribution is 6.61. The minimum absolute atomic E-state index is 0. The van der Waals surface area contributed by atoms with Crippen molar-refractivity contribution in [1.29, 1.82) is 0 Å². The molecule has 0 unspecified atom stereocenters.